The molecule has 11 heavy (non-hydrogen) atoms. The molecule has 2 nitrogen and oxygen atoms in total. The summed E-state index contributed by atoms with van der Waals surface area (Å²) < 4.78 is 0. The SMILES string of the molecule is CNC1=CC=CCC1(C)CO. The minimum atomic E-state index is -0.0938. The summed E-state index contributed by atoms with van der Waals surface area (Å²) in [5.74, 6) is 0. The van der Waals surface area contributed by atoms with Gasteiger partial charge in [0, 0.05) is 18.2 Å². The second-order valence-electron chi connectivity index (χ2n) is 3.18. The van der Waals surface area contributed by atoms with E-state index in [0.717, 1.165) is 12.1 Å². The smallest absolute Gasteiger partial charge is 0.0542 e. The van der Waals surface area contributed by atoms with Gasteiger partial charge in [-0.25, -0.2) is 0 Å². The van der Waals surface area contributed by atoms with Gasteiger partial charge in [0.1, 0.15) is 0 Å². The van der Waals surface area contributed by atoms with Gasteiger partial charge >= 0.3 is 0 Å². The zero-order valence-electron chi connectivity index (χ0n) is 7.09. The van der Waals surface area contributed by atoms with Gasteiger partial charge in [-0.1, -0.05) is 19.1 Å². The monoisotopic (exact) mass is 153 g/mol. The van der Waals surface area contributed by atoms with Gasteiger partial charge in [0.15, 0.2) is 0 Å². The van der Waals surface area contributed by atoms with Crippen LogP contribution in [0.5, 0.6) is 0 Å². The minimum absolute atomic E-state index is 0.0938. The third kappa shape index (κ3) is 1.46. The fourth-order valence-corrected chi connectivity index (χ4v) is 1.34. The van der Waals surface area contributed by atoms with Crippen molar-refractivity contribution in [2.45, 2.75) is 13.3 Å². The Balaban J connectivity index is 2.82. The van der Waals surface area contributed by atoms with Crippen LogP contribution in [0.1, 0.15) is 13.3 Å². The van der Waals surface area contributed by atoms with Gasteiger partial charge in [0.25, 0.3) is 0 Å². The van der Waals surface area contributed by atoms with Crippen LogP contribution in [0.3, 0.4) is 0 Å². The molecule has 1 aliphatic rings. The molecule has 0 spiro atoms. The van der Waals surface area contributed by atoms with Crippen LogP contribution < -0.4 is 5.32 Å². The predicted molar refractivity (Wildman–Crippen MR) is 46.1 cm³/mol. The second-order valence-corrected chi connectivity index (χ2v) is 3.18. The van der Waals surface area contributed by atoms with E-state index in [0.29, 0.717) is 0 Å². The minimum Gasteiger partial charge on any atom is -0.395 e. The maximum absolute atomic E-state index is 9.14. The highest BCUT2D eigenvalue weighted by molar-refractivity contribution is 5.24. The molecule has 0 aromatic carbocycles. The molecular formula is C9H15NO. The highest BCUT2D eigenvalue weighted by Crippen LogP contribution is 2.31. The van der Waals surface area contributed by atoms with Crippen molar-refractivity contribution in [1.29, 1.82) is 0 Å². The van der Waals surface area contributed by atoms with Crippen LogP contribution in [0, 0.1) is 5.41 Å². The molecule has 62 valence electrons. The van der Waals surface area contributed by atoms with E-state index in [-0.39, 0.29) is 12.0 Å². The third-order valence-corrected chi connectivity index (χ3v) is 2.24. The first-order chi connectivity index (χ1) is 5.23. The molecule has 0 aliphatic heterocycles. The van der Waals surface area contributed by atoms with Gasteiger partial charge in [-0.3, -0.25) is 0 Å². The molecule has 1 atom stereocenters. The summed E-state index contributed by atoms with van der Waals surface area (Å²) in [7, 11) is 1.89. The number of hydrogen-bond donors (Lipinski definition) is 2. The summed E-state index contributed by atoms with van der Waals surface area (Å²) in [5.41, 5.74) is 1.02. The first kappa shape index (κ1) is 8.34. The summed E-state index contributed by atoms with van der Waals surface area (Å²) in [6, 6.07) is 0. The quantitative estimate of drug-likeness (QED) is 0.621. The molecule has 2 N–H and O–H groups in total. The Labute approximate surface area is 67.6 Å². The summed E-state index contributed by atoms with van der Waals surface area (Å²) in [6.07, 6.45) is 7.02. The topological polar surface area (TPSA) is 32.3 Å². The van der Waals surface area contributed by atoms with Gasteiger partial charge in [-0.2, -0.15) is 0 Å². The molecule has 1 aliphatic carbocycles. The highest BCUT2D eigenvalue weighted by atomic mass is 16.3. The highest BCUT2D eigenvalue weighted by Gasteiger charge is 2.27. The number of hydrogen-bond acceptors (Lipinski definition) is 2. The lowest BCUT2D eigenvalue weighted by Gasteiger charge is -2.30. The maximum atomic E-state index is 9.14. The van der Waals surface area contributed by atoms with Gasteiger partial charge in [-0.05, 0) is 12.5 Å². The molecule has 0 radical (unpaired) electrons. The molecule has 2 heteroatoms. The molecule has 1 unspecified atom stereocenters. The van der Waals surface area contributed by atoms with E-state index in [9.17, 15) is 0 Å². The molecular weight excluding hydrogens is 138 g/mol. The Kier molecular flexibility index (Phi) is 2.35. The van der Waals surface area contributed by atoms with Crippen LogP contribution in [0.15, 0.2) is 23.9 Å². The lowest BCUT2D eigenvalue weighted by Crippen LogP contribution is -2.31. The molecule has 0 heterocycles. The molecule has 1 rings (SSSR count). The molecule has 0 aromatic heterocycles. The summed E-state index contributed by atoms with van der Waals surface area (Å²) in [5, 5.41) is 12.2. The molecule has 0 saturated carbocycles. The van der Waals surface area contributed by atoms with Crippen molar-refractivity contribution in [3.8, 4) is 0 Å². The van der Waals surface area contributed by atoms with E-state index < -0.39 is 0 Å². The van der Waals surface area contributed by atoms with Crippen molar-refractivity contribution in [3.05, 3.63) is 23.9 Å². The van der Waals surface area contributed by atoms with E-state index in [2.05, 4.69) is 18.3 Å². The first-order valence-corrected chi connectivity index (χ1v) is 3.89. The lowest BCUT2D eigenvalue weighted by atomic mass is 9.81. The molecule has 0 aromatic rings. The van der Waals surface area contributed by atoms with Crippen molar-refractivity contribution >= 4 is 0 Å². The Hall–Kier alpha value is -0.760. The fourth-order valence-electron chi connectivity index (χ4n) is 1.34. The van der Waals surface area contributed by atoms with Crippen LogP contribution in [-0.2, 0) is 0 Å². The van der Waals surface area contributed by atoms with Gasteiger partial charge in [0.05, 0.1) is 6.61 Å². The largest absolute Gasteiger partial charge is 0.395 e. The average molecular weight is 153 g/mol. The maximum Gasteiger partial charge on any atom is 0.0542 e. The first-order valence-electron chi connectivity index (χ1n) is 3.89. The number of nitrogens with one attached hydrogen (secondary N) is 1. The Morgan fingerprint density at radius 3 is 2.91 bits per heavy atom. The zero-order chi connectivity index (χ0) is 8.32. The Bertz CT molecular complexity index is 196. The van der Waals surface area contributed by atoms with E-state index >= 15 is 0 Å². The molecule has 0 fully saturated rings. The Morgan fingerprint density at radius 2 is 2.45 bits per heavy atom. The number of allylic oxidation sites excluding steroid dienone is 3. The van der Waals surface area contributed by atoms with Crippen LogP contribution >= 0.6 is 0 Å². The average Bonchev–Trinajstić information content (AvgIpc) is 2.05. The van der Waals surface area contributed by atoms with Crippen molar-refractivity contribution in [1.82, 2.24) is 5.32 Å². The number of aliphatic hydroxyl groups excluding tert-OH is 1. The van der Waals surface area contributed by atoms with Crippen LogP contribution in [0.4, 0.5) is 0 Å². The van der Waals surface area contributed by atoms with Crippen LogP contribution in [-0.4, -0.2) is 18.8 Å². The van der Waals surface area contributed by atoms with E-state index in [1.54, 1.807) is 0 Å². The molecule has 0 bridgehead atoms. The summed E-state index contributed by atoms with van der Waals surface area (Å²) in [6.45, 7) is 2.25. The number of aliphatic hydroxyl groups is 1. The number of rotatable bonds is 2. The summed E-state index contributed by atoms with van der Waals surface area (Å²) in [4.78, 5) is 0. The van der Waals surface area contributed by atoms with Gasteiger partial charge < -0.3 is 10.4 Å². The fraction of sp³-hybridized carbons (Fsp3) is 0.556. The lowest BCUT2D eigenvalue weighted by molar-refractivity contribution is 0.169. The Morgan fingerprint density at radius 1 is 1.73 bits per heavy atom. The second kappa shape index (κ2) is 3.09. The normalized spacial score (nSPS) is 29.9. The molecule has 0 amide bonds. The van der Waals surface area contributed by atoms with E-state index in [4.69, 9.17) is 5.11 Å². The van der Waals surface area contributed by atoms with Crippen molar-refractivity contribution in [2.24, 2.45) is 5.41 Å². The van der Waals surface area contributed by atoms with Crippen molar-refractivity contribution in [2.75, 3.05) is 13.7 Å². The van der Waals surface area contributed by atoms with E-state index in [1.165, 1.54) is 0 Å². The van der Waals surface area contributed by atoms with Gasteiger partial charge in [0.2, 0.25) is 0 Å². The van der Waals surface area contributed by atoms with Crippen LogP contribution in [0.25, 0.3) is 0 Å². The third-order valence-electron chi connectivity index (χ3n) is 2.24. The summed E-state index contributed by atoms with van der Waals surface area (Å²) >= 11 is 0. The predicted octanol–water partition coefficient (Wildman–Crippen LogP) is 1.05. The van der Waals surface area contributed by atoms with Crippen molar-refractivity contribution in [3.63, 3.8) is 0 Å². The van der Waals surface area contributed by atoms with Crippen LogP contribution in [0.2, 0.25) is 0 Å². The van der Waals surface area contributed by atoms with Crippen molar-refractivity contribution < 1.29 is 5.11 Å². The van der Waals surface area contributed by atoms with Gasteiger partial charge in [-0.15, -0.1) is 0 Å². The zero-order valence-corrected chi connectivity index (χ0v) is 7.09. The standard InChI is InChI=1S/C9H15NO/c1-9(7-11)6-4-3-5-8(9)10-2/h3-5,10-11H,6-7H2,1-2H3. The molecule has 0 saturated heterocycles. The van der Waals surface area contributed by atoms with E-state index in [1.807, 2.05) is 19.2 Å².